The maximum atomic E-state index is 12.6. The highest BCUT2D eigenvalue weighted by molar-refractivity contribution is 7.89. The van der Waals surface area contributed by atoms with Gasteiger partial charge in [0, 0.05) is 44.3 Å². The van der Waals surface area contributed by atoms with Crippen LogP contribution in [0.25, 0.3) is 0 Å². The second-order valence-electron chi connectivity index (χ2n) is 7.17. The fourth-order valence-electron chi connectivity index (χ4n) is 3.35. The van der Waals surface area contributed by atoms with E-state index >= 15 is 0 Å². The predicted molar refractivity (Wildman–Crippen MR) is 121 cm³/mol. The smallest absolute Gasteiger partial charge is 0.252 e. The predicted octanol–water partition coefficient (Wildman–Crippen LogP) is 2.91. The van der Waals surface area contributed by atoms with E-state index in [2.05, 4.69) is 22.3 Å². The highest BCUT2D eigenvalue weighted by Crippen LogP contribution is 2.20. The summed E-state index contributed by atoms with van der Waals surface area (Å²) in [5.41, 5.74) is 1.51. The van der Waals surface area contributed by atoms with Crippen molar-refractivity contribution in [2.24, 2.45) is 0 Å². The maximum absolute atomic E-state index is 12.6. The number of amides is 1. The highest BCUT2D eigenvalue weighted by atomic mass is 35.5. The highest BCUT2D eigenvalue weighted by Gasteiger charge is 2.26. The van der Waals surface area contributed by atoms with E-state index in [1.165, 1.54) is 22.0 Å². The molecule has 1 aliphatic heterocycles. The summed E-state index contributed by atoms with van der Waals surface area (Å²) in [6.45, 7) is 3.26. The van der Waals surface area contributed by atoms with Gasteiger partial charge in [-0.1, -0.05) is 53.5 Å². The third-order valence-corrected chi connectivity index (χ3v) is 7.54. The molecule has 3 rings (SSSR count). The van der Waals surface area contributed by atoms with Crippen molar-refractivity contribution in [2.45, 2.75) is 6.42 Å². The van der Waals surface area contributed by atoms with E-state index in [0.29, 0.717) is 31.2 Å². The number of piperazine rings is 1. The zero-order valence-electron chi connectivity index (χ0n) is 16.6. The van der Waals surface area contributed by atoms with Crippen LogP contribution in [-0.2, 0) is 16.4 Å². The van der Waals surface area contributed by atoms with Crippen LogP contribution in [0.2, 0.25) is 10.0 Å². The summed E-state index contributed by atoms with van der Waals surface area (Å²) < 4.78 is 26.7. The molecule has 0 saturated carbocycles. The summed E-state index contributed by atoms with van der Waals surface area (Å²) in [6.07, 6.45) is 0.950. The second-order valence-corrected chi connectivity index (χ2v) is 10.1. The first-order valence-electron chi connectivity index (χ1n) is 9.82. The fraction of sp³-hybridized carbons (Fsp3) is 0.381. The molecule has 1 saturated heterocycles. The van der Waals surface area contributed by atoms with Crippen LogP contribution < -0.4 is 5.32 Å². The lowest BCUT2D eigenvalue weighted by atomic mass is 10.1. The van der Waals surface area contributed by atoms with Crippen LogP contribution in [0.5, 0.6) is 0 Å². The summed E-state index contributed by atoms with van der Waals surface area (Å²) in [4.78, 5) is 14.5. The van der Waals surface area contributed by atoms with Gasteiger partial charge in [-0.3, -0.25) is 4.79 Å². The lowest BCUT2D eigenvalue weighted by Crippen LogP contribution is -2.50. The van der Waals surface area contributed by atoms with Gasteiger partial charge in [0.1, 0.15) is 0 Å². The molecule has 1 aliphatic rings. The minimum atomic E-state index is -3.44. The number of benzene rings is 2. The first-order valence-corrected chi connectivity index (χ1v) is 12.2. The number of sulfonamides is 1. The molecule has 1 fully saturated rings. The number of halogens is 2. The summed E-state index contributed by atoms with van der Waals surface area (Å²) >= 11 is 11.9. The molecule has 0 atom stereocenters. The average Bonchev–Trinajstić information content (AvgIpc) is 2.75. The number of hydrogen-bond donors (Lipinski definition) is 1. The van der Waals surface area contributed by atoms with Crippen LogP contribution in [0.1, 0.15) is 15.9 Å². The molecule has 0 bridgehead atoms. The van der Waals surface area contributed by atoms with E-state index in [9.17, 15) is 13.2 Å². The molecule has 0 spiro atoms. The first-order chi connectivity index (χ1) is 14.3. The molecule has 1 heterocycles. The van der Waals surface area contributed by atoms with Crippen LogP contribution in [-0.4, -0.2) is 68.6 Å². The van der Waals surface area contributed by atoms with Gasteiger partial charge in [-0.05, 0) is 30.2 Å². The van der Waals surface area contributed by atoms with Gasteiger partial charge >= 0.3 is 0 Å². The van der Waals surface area contributed by atoms with Crippen LogP contribution >= 0.6 is 23.2 Å². The Morgan fingerprint density at radius 2 is 1.70 bits per heavy atom. The molecular weight excluding hydrogens is 445 g/mol. The number of carbonyl (C=O) groups excluding carboxylic acids is 1. The normalized spacial score (nSPS) is 15.8. The Kier molecular flexibility index (Phi) is 8.13. The average molecular weight is 470 g/mol. The molecule has 9 heteroatoms. The summed E-state index contributed by atoms with van der Waals surface area (Å²) in [7, 11) is -3.44. The Morgan fingerprint density at radius 1 is 1.00 bits per heavy atom. The Morgan fingerprint density at radius 3 is 2.40 bits per heavy atom. The fourth-order valence-corrected chi connectivity index (χ4v) is 5.07. The standard InChI is InChI=1S/C21H25Cl2N3O3S/c22-18-6-7-20(23)19(16-18)21(27)24-9-15-30(28,29)26-13-11-25(12-14-26)10-8-17-4-2-1-3-5-17/h1-7,16H,8-15H2,(H,24,27). The molecule has 1 amide bonds. The van der Waals surface area contributed by atoms with Crippen molar-refractivity contribution in [2.75, 3.05) is 45.0 Å². The molecule has 30 heavy (non-hydrogen) atoms. The van der Waals surface area contributed by atoms with Gasteiger partial charge < -0.3 is 10.2 Å². The number of rotatable bonds is 8. The lowest BCUT2D eigenvalue weighted by molar-refractivity contribution is 0.0956. The number of nitrogens with one attached hydrogen (secondary N) is 1. The van der Waals surface area contributed by atoms with E-state index < -0.39 is 15.9 Å². The number of carbonyl (C=O) groups is 1. The van der Waals surface area contributed by atoms with Crippen LogP contribution in [0.3, 0.4) is 0 Å². The summed E-state index contributed by atoms with van der Waals surface area (Å²) in [5, 5.41) is 3.27. The largest absolute Gasteiger partial charge is 0.351 e. The Hall–Kier alpha value is -1.64. The van der Waals surface area contributed by atoms with E-state index in [-0.39, 0.29) is 22.9 Å². The van der Waals surface area contributed by atoms with Gasteiger partial charge in [0.05, 0.1) is 16.3 Å². The lowest BCUT2D eigenvalue weighted by Gasteiger charge is -2.34. The van der Waals surface area contributed by atoms with Crippen LogP contribution in [0.15, 0.2) is 48.5 Å². The third kappa shape index (κ3) is 6.43. The molecule has 2 aromatic rings. The van der Waals surface area contributed by atoms with Crippen molar-refractivity contribution in [3.63, 3.8) is 0 Å². The molecule has 0 unspecified atom stereocenters. The van der Waals surface area contributed by atoms with Crippen molar-refractivity contribution in [3.8, 4) is 0 Å². The maximum Gasteiger partial charge on any atom is 0.252 e. The van der Waals surface area contributed by atoms with Gasteiger partial charge in [0.25, 0.3) is 5.91 Å². The van der Waals surface area contributed by atoms with Crippen LogP contribution in [0, 0.1) is 0 Å². The quantitative estimate of drug-likeness (QED) is 0.644. The molecular formula is C21H25Cl2N3O3S. The molecule has 2 aromatic carbocycles. The number of hydrogen-bond acceptors (Lipinski definition) is 4. The molecule has 0 aromatic heterocycles. The number of nitrogens with zero attached hydrogens (tertiary/aromatic N) is 2. The zero-order valence-corrected chi connectivity index (χ0v) is 18.9. The third-order valence-electron chi connectivity index (χ3n) is 5.10. The van der Waals surface area contributed by atoms with E-state index in [1.54, 1.807) is 6.07 Å². The van der Waals surface area contributed by atoms with Crippen molar-refractivity contribution < 1.29 is 13.2 Å². The van der Waals surface area contributed by atoms with E-state index in [1.807, 2.05) is 18.2 Å². The Balaban J connectivity index is 1.43. The SMILES string of the molecule is O=C(NCCS(=O)(=O)N1CCN(CCc2ccccc2)CC1)c1cc(Cl)ccc1Cl. The molecule has 1 N–H and O–H groups in total. The first kappa shape index (κ1) is 23.0. The van der Waals surface area contributed by atoms with Gasteiger partial charge in [-0.2, -0.15) is 4.31 Å². The summed E-state index contributed by atoms with van der Waals surface area (Å²) in [5.74, 6) is -0.593. The van der Waals surface area contributed by atoms with Crippen molar-refractivity contribution in [3.05, 3.63) is 69.7 Å². The van der Waals surface area contributed by atoms with Gasteiger partial charge in [0.2, 0.25) is 10.0 Å². The molecule has 6 nitrogen and oxygen atoms in total. The van der Waals surface area contributed by atoms with Crippen molar-refractivity contribution >= 4 is 39.1 Å². The monoisotopic (exact) mass is 469 g/mol. The van der Waals surface area contributed by atoms with Gasteiger partial charge in [0.15, 0.2) is 0 Å². The van der Waals surface area contributed by atoms with Gasteiger partial charge in [-0.15, -0.1) is 0 Å². The Bertz CT molecular complexity index is 963. The zero-order chi connectivity index (χ0) is 21.6. The van der Waals surface area contributed by atoms with Gasteiger partial charge in [-0.25, -0.2) is 8.42 Å². The minimum Gasteiger partial charge on any atom is -0.351 e. The van der Waals surface area contributed by atoms with E-state index in [4.69, 9.17) is 23.2 Å². The Labute approximate surface area is 187 Å². The minimum absolute atomic E-state index is 0.0121. The molecule has 0 aliphatic carbocycles. The molecule has 162 valence electrons. The van der Waals surface area contributed by atoms with Crippen molar-refractivity contribution in [1.82, 2.24) is 14.5 Å². The topological polar surface area (TPSA) is 69.7 Å². The second kappa shape index (κ2) is 10.6. The van der Waals surface area contributed by atoms with E-state index in [0.717, 1.165) is 13.0 Å². The van der Waals surface area contributed by atoms with Crippen LogP contribution in [0.4, 0.5) is 0 Å². The summed E-state index contributed by atoms with van der Waals surface area (Å²) in [6, 6.07) is 14.8. The molecule has 0 radical (unpaired) electrons. The van der Waals surface area contributed by atoms with Crippen molar-refractivity contribution in [1.29, 1.82) is 0 Å².